The molecule has 1 aromatic carbocycles. The number of benzene rings is 1. The van der Waals surface area contributed by atoms with Crippen LogP contribution in [0.15, 0.2) is 48.7 Å². The fourth-order valence-electron chi connectivity index (χ4n) is 3.71. The van der Waals surface area contributed by atoms with E-state index in [0.29, 0.717) is 17.4 Å². The van der Waals surface area contributed by atoms with Crippen molar-refractivity contribution in [3.63, 3.8) is 0 Å². The molecule has 1 unspecified atom stereocenters. The van der Waals surface area contributed by atoms with Gasteiger partial charge in [-0.25, -0.2) is 9.78 Å². The fourth-order valence-corrected chi connectivity index (χ4v) is 3.71. The lowest BCUT2D eigenvalue weighted by Gasteiger charge is -2.24. The molecule has 25 heavy (non-hydrogen) atoms. The van der Waals surface area contributed by atoms with Crippen molar-refractivity contribution in [2.75, 3.05) is 13.1 Å². The van der Waals surface area contributed by atoms with E-state index in [9.17, 15) is 9.90 Å². The van der Waals surface area contributed by atoms with E-state index in [1.54, 1.807) is 0 Å². The first-order valence-corrected chi connectivity index (χ1v) is 8.70. The molecule has 1 saturated heterocycles. The highest BCUT2D eigenvalue weighted by Crippen LogP contribution is 2.30. The molecule has 3 aromatic rings. The van der Waals surface area contributed by atoms with Crippen LogP contribution in [0.1, 0.15) is 41.9 Å². The van der Waals surface area contributed by atoms with E-state index in [0.717, 1.165) is 18.7 Å². The van der Waals surface area contributed by atoms with E-state index in [-0.39, 0.29) is 5.69 Å². The first-order valence-electron chi connectivity index (χ1n) is 8.70. The summed E-state index contributed by atoms with van der Waals surface area (Å²) in [7, 11) is 0. The first kappa shape index (κ1) is 15.8. The predicted molar refractivity (Wildman–Crippen MR) is 96.8 cm³/mol. The minimum Gasteiger partial charge on any atom is -0.476 e. The average molecular weight is 335 g/mol. The largest absolute Gasteiger partial charge is 0.476 e. The van der Waals surface area contributed by atoms with Crippen LogP contribution in [0.2, 0.25) is 0 Å². The second-order valence-electron chi connectivity index (χ2n) is 6.59. The molecule has 5 nitrogen and oxygen atoms in total. The monoisotopic (exact) mass is 335 g/mol. The molecular formula is C20H21N3O2. The summed E-state index contributed by atoms with van der Waals surface area (Å²) in [5, 5.41) is 9.60. The number of hydrogen-bond donors (Lipinski definition) is 1. The normalized spacial score (nSPS) is 16.4. The van der Waals surface area contributed by atoms with Gasteiger partial charge in [-0.05, 0) is 56.6 Å². The van der Waals surface area contributed by atoms with Crippen LogP contribution in [0.3, 0.4) is 0 Å². The summed E-state index contributed by atoms with van der Waals surface area (Å²) in [5.74, 6) is -1.00. The number of carboxylic acid groups (broad SMARTS) is 1. The topological polar surface area (TPSA) is 57.8 Å². The molecule has 0 saturated carbocycles. The van der Waals surface area contributed by atoms with Gasteiger partial charge in [0.1, 0.15) is 5.65 Å². The number of carboxylic acids is 1. The molecule has 4 rings (SSSR count). The number of likely N-dealkylation sites (tertiary alicyclic amines) is 1. The van der Waals surface area contributed by atoms with Crippen molar-refractivity contribution in [2.45, 2.75) is 25.8 Å². The average Bonchev–Trinajstić information content (AvgIpc) is 3.29. The van der Waals surface area contributed by atoms with Gasteiger partial charge in [0.05, 0.1) is 5.69 Å². The maximum Gasteiger partial charge on any atom is 0.356 e. The van der Waals surface area contributed by atoms with Gasteiger partial charge >= 0.3 is 5.97 Å². The Morgan fingerprint density at radius 1 is 1.16 bits per heavy atom. The van der Waals surface area contributed by atoms with Crippen LogP contribution in [0.4, 0.5) is 0 Å². The van der Waals surface area contributed by atoms with Gasteiger partial charge < -0.3 is 5.11 Å². The molecule has 0 amide bonds. The highest BCUT2D eigenvalue weighted by atomic mass is 16.4. The standard InChI is InChI=1S/C20H21N3O2/c1-14(22-10-4-5-11-22)15-7-6-8-16(13-15)19-18(20(24)25)21-17-9-2-3-12-23(17)19/h2-3,6-9,12-14H,4-5,10-11H2,1H3,(H,24,25). The zero-order valence-corrected chi connectivity index (χ0v) is 14.2. The van der Waals surface area contributed by atoms with Crippen molar-refractivity contribution in [1.82, 2.24) is 14.3 Å². The highest BCUT2D eigenvalue weighted by molar-refractivity contribution is 5.94. The SMILES string of the molecule is CC(c1cccc(-c2c(C(=O)O)nc3ccccn23)c1)N1CCCC1. The lowest BCUT2D eigenvalue weighted by atomic mass is 10.0. The van der Waals surface area contributed by atoms with Gasteiger partial charge in [0, 0.05) is 17.8 Å². The van der Waals surface area contributed by atoms with Crippen LogP contribution in [-0.4, -0.2) is 38.4 Å². The Balaban J connectivity index is 1.82. The molecule has 0 bridgehead atoms. The molecule has 128 valence electrons. The van der Waals surface area contributed by atoms with E-state index >= 15 is 0 Å². The van der Waals surface area contributed by atoms with Crippen molar-refractivity contribution in [3.8, 4) is 11.3 Å². The molecule has 0 radical (unpaired) electrons. The van der Waals surface area contributed by atoms with Gasteiger partial charge in [0.25, 0.3) is 0 Å². The zero-order chi connectivity index (χ0) is 17.4. The van der Waals surface area contributed by atoms with Gasteiger partial charge in [0.15, 0.2) is 5.69 Å². The minimum absolute atomic E-state index is 0.0946. The van der Waals surface area contributed by atoms with E-state index in [1.165, 1.54) is 18.4 Å². The molecule has 1 aliphatic rings. The Bertz CT molecular complexity index is 926. The summed E-state index contributed by atoms with van der Waals surface area (Å²) >= 11 is 0. The molecule has 5 heteroatoms. The molecule has 1 fully saturated rings. The minimum atomic E-state index is -1.00. The second kappa shape index (κ2) is 6.33. The van der Waals surface area contributed by atoms with Crippen LogP contribution < -0.4 is 0 Å². The van der Waals surface area contributed by atoms with E-state index in [2.05, 4.69) is 28.9 Å². The number of imidazole rings is 1. The summed E-state index contributed by atoms with van der Waals surface area (Å²) in [6.45, 7) is 4.47. The van der Waals surface area contributed by atoms with E-state index in [1.807, 2.05) is 40.9 Å². The molecule has 0 spiro atoms. The number of carbonyl (C=O) groups is 1. The Morgan fingerprint density at radius 3 is 2.72 bits per heavy atom. The van der Waals surface area contributed by atoms with Crippen LogP contribution >= 0.6 is 0 Å². The van der Waals surface area contributed by atoms with Crippen LogP contribution in [-0.2, 0) is 0 Å². The number of nitrogens with zero attached hydrogens (tertiary/aromatic N) is 3. The first-order chi connectivity index (χ1) is 12.1. The number of pyridine rings is 1. The summed E-state index contributed by atoms with van der Waals surface area (Å²) in [6.07, 6.45) is 4.36. The van der Waals surface area contributed by atoms with Gasteiger partial charge in [-0.3, -0.25) is 9.30 Å². The summed E-state index contributed by atoms with van der Waals surface area (Å²) in [4.78, 5) is 18.5. The molecule has 0 aliphatic carbocycles. The highest BCUT2D eigenvalue weighted by Gasteiger charge is 2.22. The Morgan fingerprint density at radius 2 is 1.96 bits per heavy atom. The van der Waals surface area contributed by atoms with Gasteiger partial charge in [-0.1, -0.05) is 24.3 Å². The fraction of sp³-hybridized carbons (Fsp3) is 0.300. The number of aromatic nitrogens is 2. The molecule has 2 aromatic heterocycles. The zero-order valence-electron chi connectivity index (χ0n) is 14.2. The second-order valence-corrected chi connectivity index (χ2v) is 6.59. The maximum atomic E-state index is 11.7. The van der Waals surface area contributed by atoms with Crippen molar-refractivity contribution >= 4 is 11.6 Å². The lowest BCUT2D eigenvalue weighted by Crippen LogP contribution is -2.23. The molecule has 3 heterocycles. The maximum absolute atomic E-state index is 11.7. The molecule has 1 atom stereocenters. The number of rotatable bonds is 4. The van der Waals surface area contributed by atoms with Gasteiger partial charge in [-0.2, -0.15) is 0 Å². The Labute approximate surface area is 146 Å². The third-order valence-corrected chi connectivity index (χ3v) is 5.06. The Kier molecular flexibility index (Phi) is 4.01. The molecule has 1 N–H and O–H groups in total. The smallest absolute Gasteiger partial charge is 0.356 e. The van der Waals surface area contributed by atoms with Crippen molar-refractivity contribution in [2.24, 2.45) is 0 Å². The number of hydrogen-bond acceptors (Lipinski definition) is 3. The van der Waals surface area contributed by atoms with Crippen LogP contribution in [0, 0.1) is 0 Å². The molecular weight excluding hydrogens is 314 g/mol. The number of fused-ring (bicyclic) bond motifs is 1. The third kappa shape index (κ3) is 2.81. The summed E-state index contributed by atoms with van der Waals surface area (Å²) in [5.41, 5.74) is 3.48. The summed E-state index contributed by atoms with van der Waals surface area (Å²) < 4.78 is 1.85. The van der Waals surface area contributed by atoms with Crippen molar-refractivity contribution < 1.29 is 9.90 Å². The van der Waals surface area contributed by atoms with Crippen LogP contribution in [0.25, 0.3) is 16.9 Å². The Hall–Kier alpha value is -2.66. The van der Waals surface area contributed by atoms with E-state index in [4.69, 9.17) is 0 Å². The third-order valence-electron chi connectivity index (χ3n) is 5.06. The lowest BCUT2D eigenvalue weighted by molar-refractivity contribution is 0.0692. The molecule has 1 aliphatic heterocycles. The predicted octanol–water partition coefficient (Wildman–Crippen LogP) is 3.86. The van der Waals surface area contributed by atoms with E-state index < -0.39 is 5.97 Å². The van der Waals surface area contributed by atoms with Crippen molar-refractivity contribution in [3.05, 3.63) is 59.9 Å². The van der Waals surface area contributed by atoms with Crippen LogP contribution in [0.5, 0.6) is 0 Å². The quantitative estimate of drug-likeness (QED) is 0.787. The van der Waals surface area contributed by atoms with Gasteiger partial charge in [-0.15, -0.1) is 0 Å². The van der Waals surface area contributed by atoms with Crippen molar-refractivity contribution in [1.29, 1.82) is 0 Å². The number of aromatic carboxylic acids is 1. The van der Waals surface area contributed by atoms with Gasteiger partial charge in [0.2, 0.25) is 0 Å². The summed E-state index contributed by atoms with van der Waals surface area (Å²) in [6, 6.07) is 14.1.